The van der Waals surface area contributed by atoms with E-state index in [1.807, 2.05) is 44.2 Å². The number of nitrogens with zero attached hydrogens (tertiary/aromatic N) is 2. The number of anilines is 1. The summed E-state index contributed by atoms with van der Waals surface area (Å²) in [5.74, 6) is -0.396. The molecule has 1 N–H and O–H groups in total. The summed E-state index contributed by atoms with van der Waals surface area (Å²) in [6, 6.07) is 15.5. The minimum atomic E-state index is -3.72. The number of ether oxygens (including phenoxy) is 1. The molecule has 0 spiro atoms. The molecule has 2 atom stereocenters. The van der Waals surface area contributed by atoms with Crippen LogP contribution in [0.2, 0.25) is 0 Å². The number of fused-ring (bicyclic) bond motifs is 1. The van der Waals surface area contributed by atoms with Crippen molar-refractivity contribution in [3.05, 3.63) is 66.4 Å². The second-order valence-corrected chi connectivity index (χ2v) is 9.42. The molecule has 3 aromatic rings. The third-order valence-corrected chi connectivity index (χ3v) is 6.80. The van der Waals surface area contributed by atoms with Crippen molar-refractivity contribution >= 4 is 32.5 Å². The van der Waals surface area contributed by atoms with Crippen molar-refractivity contribution in [1.29, 1.82) is 0 Å². The van der Waals surface area contributed by atoms with E-state index in [9.17, 15) is 13.2 Å². The highest BCUT2D eigenvalue weighted by Gasteiger charge is 2.32. The molecule has 1 saturated heterocycles. The van der Waals surface area contributed by atoms with Gasteiger partial charge in [0, 0.05) is 24.0 Å². The topological polar surface area (TPSA) is 88.6 Å². The lowest BCUT2D eigenvalue weighted by molar-refractivity contribution is -0.0440. The van der Waals surface area contributed by atoms with Gasteiger partial charge in [-0.3, -0.25) is 9.78 Å². The van der Waals surface area contributed by atoms with Crippen molar-refractivity contribution in [2.24, 2.45) is 0 Å². The third-order valence-electron chi connectivity index (χ3n) is 4.97. The van der Waals surface area contributed by atoms with E-state index in [1.54, 1.807) is 18.3 Å². The number of nitrogens with one attached hydrogen (secondary N) is 1. The minimum Gasteiger partial charge on any atom is -0.373 e. The molecular weight excluding hydrogens is 402 g/mol. The van der Waals surface area contributed by atoms with Gasteiger partial charge in [-0.05, 0) is 44.2 Å². The van der Waals surface area contributed by atoms with Crippen LogP contribution < -0.4 is 5.32 Å². The van der Waals surface area contributed by atoms with Crippen LogP contribution in [-0.2, 0) is 14.8 Å². The summed E-state index contributed by atoms with van der Waals surface area (Å²) in [4.78, 5) is 17.2. The summed E-state index contributed by atoms with van der Waals surface area (Å²) >= 11 is 0. The van der Waals surface area contributed by atoms with E-state index in [2.05, 4.69) is 10.3 Å². The number of para-hydroxylation sites is 1. The molecule has 0 radical (unpaired) electrons. The lowest BCUT2D eigenvalue weighted by atomic mass is 10.2. The summed E-state index contributed by atoms with van der Waals surface area (Å²) in [5.41, 5.74) is 1.64. The summed E-state index contributed by atoms with van der Waals surface area (Å²) in [6.07, 6.45) is 1.21. The fourth-order valence-electron chi connectivity index (χ4n) is 3.62. The van der Waals surface area contributed by atoms with Gasteiger partial charge in [-0.25, -0.2) is 8.42 Å². The molecule has 1 aromatic heterocycles. The molecule has 1 fully saturated rings. The Hall–Kier alpha value is -2.81. The van der Waals surface area contributed by atoms with Crippen LogP contribution in [0, 0.1) is 0 Å². The molecule has 0 bridgehead atoms. The van der Waals surface area contributed by atoms with Crippen molar-refractivity contribution in [2.45, 2.75) is 31.0 Å². The summed E-state index contributed by atoms with van der Waals surface area (Å²) in [7, 11) is -3.72. The van der Waals surface area contributed by atoms with Gasteiger partial charge < -0.3 is 10.1 Å². The van der Waals surface area contributed by atoms with Crippen LogP contribution in [-0.4, -0.2) is 48.9 Å². The first-order valence-corrected chi connectivity index (χ1v) is 11.2. The maximum absolute atomic E-state index is 13.1. The lowest BCUT2D eigenvalue weighted by Crippen LogP contribution is -2.48. The Morgan fingerprint density at radius 2 is 1.80 bits per heavy atom. The fourth-order valence-corrected chi connectivity index (χ4v) is 5.25. The van der Waals surface area contributed by atoms with Crippen molar-refractivity contribution < 1.29 is 17.9 Å². The molecule has 1 aliphatic rings. The average molecular weight is 426 g/mol. The molecule has 0 aliphatic carbocycles. The Morgan fingerprint density at radius 3 is 2.57 bits per heavy atom. The standard InChI is InChI=1S/C22H23N3O4S/c1-15-13-25(14-16(2)29-15)30(27,28)20-8-5-7-18(11-20)22(26)24-19-10-17-6-3-4-9-21(17)23-12-19/h3-12,15-16H,13-14H2,1-2H3,(H,24,26)/t15-,16-/m1/s1. The van der Waals surface area contributed by atoms with Gasteiger partial charge in [-0.1, -0.05) is 24.3 Å². The predicted molar refractivity (Wildman–Crippen MR) is 115 cm³/mol. The molecular formula is C22H23N3O4S. The molecule has 8 heteroatoms. The number of amides is 1. The van der Waals surface area contributed by atoms with Gasteiger partial charge in [0.15, 0.2) is 0 Å². The molecule has 0 unspecified atom stereocenters. The predicted octanol–water partition coefficient (Wildman–Crippen LogP) is 3.29. The highest BCUT2D eigenvalue weighted by atomic mass is 32.2. The summed E-state index contributed by atoms with van der Waals surface area (Å²) in [6.45, 7) is 4.26. The largest absolute Gasteiger partial charge is 0.373 e. The Balaban J connectivity index is 1.56. The number of morpholine rings is 1. The number of rotatable bonds is 4. The van der Waals surface area contributed by atoms with E-state index < -0.39 is 15.9 Å². The lowest BCUT2D eigenvalue weighted by Gasteiger charge is -2.34. The monoisotopic (exact) mass is 425 g/mol. The summed E-state index contributed by atoms with van der Waals surface area (Å²) < 4.78 is 33.2. The first kappa shape index (κ1) is 20.5. The van der Waals surface area contributed by atoms with Crippen LogP contribution >= 0.6 is 0 Å². The summed E-state index contributed by atoms with van der Waals surface area (Å²) in [5, 5.41) is 3.70. The molecule has 2 heterocycles. The number of sulfonamides is 1. The van der Waals surface area contributed by atoms with Gasteiger partial charge in [0.25, 0.3) is 5.91 Å². The number of hydrogen-bond donors (Lipinski definition) is 1. The number of aromatic nitrogens is 1. The fraction of sp³-hybridized carbons (Fsp3) is 0.273. The molecule has 0 saturated carbocycles. The Labute approximate surface area is 175 Å². The van der Waals surface area contributed by atoms with E-state index in [0.717, 1.165) is 10.9 Å². The van der Waals surface area contributed by atoms with Crippen LogP contribution in [0.1, 0.15) is 24.2 Å². The van der Waals surface area contributed by atoms with Gasteiger partial charge in [-0.15, -0.1) is 0 Å². The second kappa shape index (κ2) is 8.14. The van der Waals surface area contributed by atoms with Crippen LogP contribution in [0.15, 0.2) is 65.7 Å². The molecule has 30 heavy (non-hydrogen) atoms. The van der Waals surface area contributed by atoms with Crippen LogP contribution in [0.4, 0.5) is 5.69 Å². The van der Waals surface area contributed by atoms with E-state index in [-0.39, 0.29) is 35.8 Å². The first-order valence-electron chi connectivity index (χ1n) is 9.75. The van der Waals surface area contributed by atoms with Crippen LogP contribution in [0.3, 0.4) is 0 Å². The smallest absolute Gasteiger partial charge is 0.255 e. The zero-order valence-electron chi connectivity index (χ0n) is 16.8. The van der Waals surface area contributed by atoms with Crippen molar-refractivity contribution in [2.75, 3.05) is 18.4 Å². The molecule has 156 valence electrons. The first-order chi connectivity index (χ1) is 14.3. The minimum absolute atomic E-state index is 0.0908. The zero-order chi connectivity index (χ0) is 21.3. The van der Waals surface area contributed by atoms with Crippen molar-refractivity contribution in [1.82, 2.24) is 9.29 Å². The SMILES string of the molecule is C[C@@H]1CN(S(=O)(=O)c2cccc(C(=O)Nc3cnc4ccccc4c3)c2)C[C@@H](C)O1. The Morgan fingerprint density at radius 1 is 1.07 bits per heavy atom. The number of carbonyl (C=O) groups excluding carboxylic acids is 1. The zero-order valence-corrected chi connectivity index (χ0v) is 17.6. The van der Waals surface area contributed by atoms with E-state index in [0.29, 0.717) is 5.69 Å². The van der Waals surface area contributed by atoms with Gasteiger partial charge in [0.1, 0.15) is 0 Å². The molecule has 4 rings (SSSR count). The molecule has 7 nitrogen and oxygen atoms in total. The van der Waals surface area contributed by atoms with Crippen molar-refractivity contribution in [3.8, 4) is 0 Å². The van der Waals surface area contributed by atoms with Gasteiger partial charge in [-0.2, -0.15) is 4.31 Å². The Bertz CT molecular complexity index is 1190. The van der Waals surface area contributed by atoms with Gasteiger partial charge in [0.2, 0.25) is 10.0 Å². The molecule has 1 amide bonds. The maximum atomic E-state index is 13.1. The van der Waals surface area contributed by atoms with Crippen LogP contribution in [0.25, 0.3) is 10.9 Å². The average Bonchev–Trinajstić information content (AvgIpc) is 2.73. The number of hydrogen-bond acceptors (Lipinski definition) is 5. The quantitative estimate of drug-likeness (QED) is 0.693. The van der Waals surface area contributed by atoms with Gasteiger partial charge in [0.05, 0.1) is 34.5 Å². The Kier molecular flexibility index (Phi) is 5.55. The van der Waals surface area contributed by atoms with Crippen LogP contribution in [0.5, 0.6) is 0 Å². The van der Waals surface area contributed by atoms with E-state index in [4.69, 9.17) is 4.74 Å². The van der Waals surface area contributed by atoms with E-state index >= 15 is 0 Å². The van der Waals surface area contributed by atoms with Gasteiger partial charge >= 0.3 is 0 Å². The molecule has 2 aromatic carbocycles. The third kappa shape index (κ3) is 4.21. The maximum Gasteiger partial charge on any atom is 0.255 e. The van der Waals surface area contributed by atoms with Crippen molar-refractivity contribution in [3.63, 3.8) is 0 Å². The molecule has 1 aliphatic heterocycles. The number of pyridine rings is 1. The number of carbonyl (C=O) groups is 1. The second-order valence-electron chi connectivity index (χ2n) is 7.48. The highest BCUT2D eigenvalue weighted by Crippen LogP contribution is 2.23. The number of benzene rings is 2. The van der Waals surface area contributed by atoms with E-state index in [1.165, 1.54) is 16.4 Å². The normalized spacial score (nSPS) is 20.2. The highest BCUT2D eigenvalue weighted by molar-refractivity contribution is 7.89.